The number of benzene rings is 1. The Labute approximate surface area is 122 Å². The van der Waals surface area contributed by atoms with Gasteiger partial charge in [0.05, 0.1) is 17.7 Å². The van der Waals surface area contributed by atoms with Crippen molar-refractivity contribution in [2.24, 2.45) is 0 Å². The molecule has 1 aromatic carbocycles. The van der Waals surface area contributed by atoms with Crippen molar-refractivity contribution < 1.29 is 19.4 Å². The first-order chi connectivity index (χ1) is 9.45. The normalized spacial score (nSPS) is 22.4. The minimum absolute atomic E-state index is 0.0751. The molecule has 1 saturated heterocycles. The molecule has 0 bridgehead atoms. The summed E-state index contributed by atoms with van der Waals surface area (Å²) in [7, 11) is 1.46. The first-order valence-corrected chi connectivity index (χ1v) is 6.83. The molecule has 1 aromatic rings. The zero-order valence-corrected chi connectivity index (χ0v) is 12.3. The predicted molar refractivity (Wildman–Crippen MR) is 76.1 cm³/mol. The van der Waals surface area contributed by atoms with Gasteiger partial charge in [0.25, 0.3) is 0 Å². The van der Waals surface area contributed by atoms with E-state index in [-0.39, 0.29) is 16.2 Å². The first-order valence-electron chi connectivity index (χ1n) is 6.46. The molecule has 2 N–H and O–H groups in total. The lowest BCUT2D eigenvalue weighted by atomic mass is 9.96. The number of halogens is 1. The van der Waals surface area contributed by atoms with Gasteiger partial charge in [-0.3, -0.25) is 0 Å². The second-order valence-corrected chi connectivity index (χ2v) is 5.53. The van der Waals surface area contributed by atoms with Crippen LogP contribution >= 0.6 is 11.6 Å². The van der Waals surface area contributed by atoms with Crippen molar-refractivity contribution in [3.63, 3.8) is 0 Å². The average molecular weight is 300 g/mol. The van der Waals surface area contributed by atoms with E-state index < -0.39 is 5.97 Å². The van der Waals surface area contributed by atoms with Crippen LogP contribution in [0.1, 0.15) is 30.1 Å². The Hall–Kier alpha value is -1.46. The minimum Gasteiger partial charge on any atom is -0.493 e. The number of aromatic carboxylic acids is 1. The average Bonchev–Trinajstić information content (AvgIpc) is 2.41. The molecule has 0 aliphatic carbocycles. The van der Waals surface area contributed by atoms with Crippen molar-refractivity contribution in [3.8, 4) is 11.5 Å². The minimum atomic E-state index is -1.05. The van der Waals surface area contributed by atoms with Gasteiger partial charge in [0, 0.05) is 6.54 Å². The summed E-state index contributed by atoms with van der Waals surface area (Å²) < 4.78 is 11.2. The highest BCUT2D eigenvalue weighted by atomic mass is 35.5. The molecule has 0 spiro atoms. The summed E-state index contributed by atoms with van der Waals surface area (Å²) in [6.45, 7) is 3.69. The van der Waals surface area contributed by atoms with Gasteiger partial charge >= 0.3 is 5.97 Å². The molecule has 6 heteroatoms. The summed E-state index contributed by atoms with van der Waals surface area (Å²) in [5, 5.41) is 12.6. The van der Waals surface area contributed by atoms with E-state index in [4.69, 9.17) is 26.2 Å². The molecule has 5 nitrogen and oxygen atoms in total. The topological polar surface area (TPSA) is 67.8 Å². The van der Waals surface area contributed by atoms with Gasteiger partial charge in [0.2, 0.25) is 0 Å². The zero-order chi connectivity index (χ0) is 14.8. The lowest BCUT2D eigenvalue weighted by Crippen LogP contribution is -2.47. The molecule has 2 rings (SSSR count). The first kappa shape index (κ1) is 14.9. The van der Waals surface area contributed by atoms with Crippen LogP contribution in [0.4, 0.5) is 0 Å². The molecule has 0 amide bonds. The Morgan fingerprint density at radius 1 is 1.50 bits per heavy atom. The molecule has 1 aliphatic rings. The Bertz CT molecular complexity index is 512. The summed E-state index contributed by atoms with van der Waals surface area (Å²) in [5.41, 5.74) is -0.300. The number of hydrogen-bond acceptors (Lipinski definition) is 4. The van der Waals surface area contributed by atoms with Gasteiger partial charge in [-0.2, -0.15) is 0 Å². The second kappa shape index (κ2) is 5.89. The molecule has 1 heterocycles. The molecule has 110 valence electrons. The van der Waals surface area contributed by atoms with E-state index >= 15 is 0 Å². The summed E-state index contributed by atoms with van der Waals surface area (Å²) >= 11 is 6.15. The summed E-state index contributed by atoms with van der Waals surface area (Å²) in [6, 6.07) is 2.80. The lowest BCUT2D eigenvalue weighted by molar-refractivity contribution is 0.0584. The van der Waals surface area contributed by atoms with E-state index in [0.717, 1.165) is 19.4 Å². The van der Waals surface area contributed by atoms with E-state index in [0.29, 0.717) is 18.0 Å². The largest absolute Gasteiger partial charge is 0.493 e. The van der Waals surface area contributed by atoms with Crippen LogP contribution < -0.4 is 14.8 Å². The van der Waals surface area contributed by atoms with E-state index in [1.54, 1.807) is 0 Å². The molecule has 0 aromatic heterocycles. The molecule has 1 aliphatic heterocycles. The third kappa shape index (κ3) is 3.16. The Morgan fingerprint density at radius 3 is 2.80 bits per heavy atom. The molecule has 0 saturated carbocycles. The van der Waals surface area contributed by atoms with Crippen molar-refractivity contribution in [2.45, 2.75) is 25.4 Å². The van der Waals surface area contributed by atoms with Gasteiger partial charge in [0.1, 0.15) is 5.60 Å². The fraction of sp³-hybridized carbons (Fsp3) is 0.500. The number of carboxylic acid groups (broad SMARTS) is 1. The van der Waals surface area contributed by atoms with E-state index in [1.165, 1.54) is 19.2 Å². The van der Waals surface area contributed by atoms with Crippen molar-refractivity contribution in [3.05, 3.63) is 22.7 Å². The van der Waals surface area contributed by atoms with Crippen LogP contribution in [0.5, 0.6) is 11.5 Å². The number of carboxylic acids is 1. The van der Waals surface area contributed by atoms with Crippen LogP contribution in [0.25, 0.3) is 0 Å². The smallest absolute Gasteiger partial charge is 0.335 e. The molecular weight excluding hydrogens is 282 g/mol. The highest BCUT2D eigenvalue weighted by molar-refractivity contribution is 6.32. The summed E-state index contributed by atoms with van der Waals surface area (Å²) in [5.74, 6) is -0.325. The summed E-state index contributed by atoms with van der Waals surface area (Å²) in [4.78, 5) is 11.0. The van der Waals surface area contributed by atoms with Crippen molar-refractivity contribution >= 4 is 17.6 Å². The van der Waals surface area contributed by atoms with Crippen LogP contribution in [-0.4, -0.2) is 36.9 Å². The standard InChI is InChI=1S/C14H18ClNO4/c1-14(4-3-5-16-8-14)20-12-10(15)6-9(13(17)18)7-11(12)19-2/h6-7,16H,3-5,8H2,1-2H3,(H,17,18). The van der Waals surface area contributed by atoms with Gasteiger partial charge < -0.3 is 19.9 Å². The number of nitrogens with one attached hydrogen (secondary N) is 1. The molecule has 1 fully saturated rings. The Kier molecular flexibility index (Phi) is 4.40. The van der Waals surface area contributed by atoms with Crippen LogP contribution in [0.2, 0.25) is 5.02 Å². The van der Waals surface area contributed by atoms with Crippen LogP contribution in [0.3, 0.4) is 0 Å². The quantitative estimate of drug-likeness (QED) is 0.894. The number of rotatable bonds is 4. The SMILES string of the molecule is COc1cc(C(=O)O)cc(Cl)c1OC1(C)CCCNC1. The van der Waals surface area contributed by atoms with Gasteiger partial charge in [-0.1, -0.05) is 11.6 Å². The fourth-order valence-corrected chi connectivity index (χ4v) is 2.55. The molecule has 1 atom stereocenters. The third-order valence-electron chi connectivity index (χ3n) is 3.38. The van der Waals surface area contributed by atoms with Crippen LogP contribution in [-0.2, 0) is 0 Å². The zero-order valence-electron chi connectivity index (χ0n) is 11.5. The molecule has 20 heavy (non-hydrogen) atoms. The number of methoxy groups -OCH3 is 1. The highest BCUT2D eigenvalue weighted by Crippen LogP contribution is 2.39. The number of ether oxygens (including phenoxy) is 2. The van der Waals surface area contributed by atoms with Gasteiger partial charge in [-0.25, -0.2) is 4.79 Å². The maximum Gasteiger partial charge on any atom is 0.335 e. The number of carbonyl (C=O) groups is 1. The predicted octanol–water partition coefficient (Wildman–Crippen LogP) is 2.57. The molecule has 1 unspecified atom stereocenters. The van der Waals surface area contributed by atoms with Crippen molar-refractivity contribution in [2.75, 3.05) is 20.2 Å². The van der Waals surface area contributed by atoms with E-state index in [2.05, 4.69) is 5.32 Å². The highest BCUT2D eigenvalue weighted by Gasteiger charge is 2.31. The monoisotopic (exact) mass is 299 g/mol. The lowest BCUT2D eigenvalue weighted by Gasteiger charge is -2.35. The van der Waals surface area contributed by atoms with Gasteiger partial charge in [-0.05, 0) is 38.4 Å². The Balaban J connectivity index is 2.33. The van der Waals surface area contributed by atoms with Crippen molar-refractivity contribution in [1.29, 1.82) is 0 Å². The van der Waals surface area contributed by atoms with E-state index in [1.807, 2.05) is 6.92 Å². The van der Waals surface area contributed by atoms with Crippen molar-refractivity contribution in [1.82, 2.24) is 5.32 Å². The molecular formula is C14H18ClNO4. The number of piperidine rings is 1. The maximum absolute atomic E-state index is 11.0. The molecule has 0 radical (unpaired) electrons. The fourth-order valence-electron chi connectivity index (χ4n) is 2.30. The van der Waals surface area contributed by atoms with Crippen LogP contribution in [0.15, 0.2) is 12.1 Å². The van der Waals surface area contributed by atoms with Gasteiger partial charge in [0.15, 0.2) is 11.5 Å². The maximum atomic E-state index is 11.0. The number of hydrogen-bond donors (Lipinski definition) is 2. The van der Waals surface area contributed by atoms with E-state index in [9.17, 15) is 4.79 Å². The Morgan fingerprint density at radius 2 is 2.25 bits per heavy atom. The third-order valence-corrected chi connectivity index (χ3v) is 3.66. The van der Waals surface area contributed by atoms with Crippen LogP contribution in [0, 0.1) is 0 Å². The second-order valence-electron chi connectivity index (χ2n) is 5.13. The van der Waals surface area contributed by atoms with Gasteiger partial charge in [-0.15, -0.1) is 0 Å². The summed E-state index contributed by atoms with van der Waals surface area (Å²) in [6.07, 6.45) is 1.92.